The van der Waals surface area contributed by atoms with Gasteiger partial charge in [-0.3, -0.25) is 9.35 Å². The average molecular weight is 310 g/mol. The summed E-state index contributed by atoms with van der Waals surface area (Å²) < 4.78 is 40.0. The summed E-state index contributed by atoms with van der Waals surface area (Å²) in [5.74, 6) is -0.206. The quantitative estimate of drug-likeness (QED) is 0.337. The van der Waals surface area contributed by atoms with Crippen LogP contribution in [-0.2, 0) is 24.4 Å². The summed E-state index contributed by atoms with van der Waals surface area (Å²) in [4.78, 5) is 11.2. The zero-order chi connectivity index (χ0) is 15.4. The number of esters is 1. The minimum atomic E-state index is -3.89. The van der Waals surface area contributed by atoms with E-state index in [-0.39, 0.29) is 5.97 Å². The predicted octanol–water partition coefficient (Wildman–Crippen LogP) is 2.18. The summed E-state index contributed by atoms with van der Waals surface area (Å²) >= 11 is 0. The van der Waals surface area contributed by atoms with Crippen molar-refractivity contribution >= 4 is 16.1 Å². The molecular formula is C13H26O6S. The molecule has 0 amide bonds. The molecule has 0 bridgehead atoms. The van der Waals surface area contributed by atoms with Gasteiger partial charge in [0, 0.05) is 13.5 Å². The molecule has 0 heterocycles. The van der Waals surface area contributed by atoms with Crippen LogP contribution in [-0.4, -0.2) is 44.5 Å². The lowest BCUT2D eigenvalue weighted by Gasteiger charge is -2.07. The Balaban J connectivity index is 3.39. The zero-order valence-corrected chi connectivity index (χ0v) is 13.2. The second kappa shape index (κ2) is 11.0. The van der Waals surface area contributed by atoms with E-state index in [1.165, 1.54) is 6.92 Å². The van der Waals surface area contributed by atoms with E-state index in [1.54, 1.807) is 7.11 Å². The van der Waals surface area contributed by atoms with Crippen LogP contribution in [0.15, 0.2) is 0 Å². The van der Waals surface area contributed by atoms with Gasteiger partial charge in [-0.1, -0.05) is 25.7 Å². The van der Waals surface area contributed by atoms with Crippen LogP contribution in [0.3, 0.4) is 0 Å². The molecule has 0 rings (SSSR count). The highest BCUT2D eigenvalue weighted by atomic mass is 32.2. The van der Waals surface area contributed by atoms with Crippen LogP contribution < -0.4 is 0 Å². The van der Waals surface area contributed by atoms with Crippen molar-refractivity contribution in [3.8, 4) is 0 Å². The molecule has 0 radical (unpaired) electrons. The van der Waals surface area contributed by atoms with Crippen molar-refractivity contribution in [1.82, 2.24) is 0 Å². The van der Waals surface area contributed by atoms with Crippen LogP contribution in [0.2, 0.25) is 0 Å². The van der Waals surface area contributed by atoms with Gasteiger partial charge in [-0.25, -0.2) is 0 Å². The van der Waals surface area contributed by atoms with Crippen molar-refractivity contribution in [2.75, 3.05) is 20.3 Å². The monoisotopic (exact) mass is 310 g/mol. The van der Waals surface area contributed by atoms with E-state index in [0.717, 1.165) is 32.1 Å². The molecule has 0 aromatic rings. The van der Waals surface area contributed by atoms with E-state index in [1.807, 2.05) is 0 Å². The third-order valence-corrected chi connectivity index (χ3v) is 4.30. The third kappa shape index (κ3) is 11.2. The SMILES string of the molecule is COCCOC(=O)CCCCCCCC(C)S(=O)(=O)O. The Morgan fingerprint density at radius 2 is 1.70 bits per heavy atom. The van der Waals surface area contributed by atoms with Crippen LogP contribution in [0, 0.1) is 0 Å². The molecule has 0 aliphatic heterocycles. The predicted molar refractivity (Wildman–Crippen MR) is 76.2 cm³/mol. The summed E-state index contributed by atoms with van der Waals surface area (Å²) in [7, 11) is -2.34. The van der Waals surface area contributed by atoms with Gasteiger partial charge in [0.2, 0.25) is 0 Å². The second-order valence-corrected chi connectivity index (χ2v) is 6.68. The Bertz CT molecular complexity index is 352. The molecule has 0 aliphatic carbocycles. The first-order valence-electron chi connectivity index (χ1n) is 6.98. The summed E-state index contributed by atoms with van der Waals surface area (Å²) in [6.45, 7) is 2.21. The maximum Gasteiger partial charge on any atom is 0.305 e. The minimum Gasteiger partial charge on any atom is -0.463 e. The van der Waals surface area contributed by atoms with Crippen LogP contribution >= 0.6 is 0 Å². The molecule has 0 aliphatic rings. The van der Waals surface area contributed by atoms with E-state index in [9.17, 15) is 13.2 Å². The van der Waals surface area contributed by atoms with Crippen molar-refractivity contribution in [1.29, 1.82) is 0 Å². The number of hydrogen-bond donors (Lipinski definition) is 1. The molecule has 120 valence electrons. The van der Waals surface area contributed by atoms with Gasteiger partial charge < -0.3 is 9.47 Å². The van der Waals surface area contributed by atoms with Crippen LogP contribution in [0.5, 0.6) is 0 Å². The topological polar surface area (TPSA) is 89.9 Å². The second-order valence-electron chi connectivity index (χ2n) is 4.85. The lowest BCUT2D eigenvalue weighted by atomic mass is 10.1. The first-order valence-corrected chi connectivity index (χ1v) is 8.49. The van der Waals surface area contributed by atoms with Crippen molar-refractivity contribution in [2.45, 2.75) is 57.1 Å². The molecule has 0 aromatic carbocycles. The normalized spacial score (nSPS) is 13.2. The molecule has 20 heavy (non-hydrogen) atoms. The van der Waals surface area contributed by atoms with Gasteiger partial charge in [-0.05, 0) is 19.8 Å². The van der Waals surface area contributed by atoms with Gasteiger partial charge >= 0.3 is 5.97 Å². The van der Waals surface area contributed by atoms with Crippen LogP contribution in [0.25, 0.3) is 0 Å². The number of carbonyl (C=O) groups is 1. The molecule has 1 unspecified atom stereocenters. The third-order valence-electron chi connectivity index (χ3n) is 3.05. The molecule has 0 aromatic heterocycles. The maximum atomic E-state index is 11.2. The van der Waals surface area contributed by atoms with Crippen LogP contribution in [0.1, 0.15) is 51.9 Å². The van der Waals surface area contributed by atoms with Gasteiger partial charge in [-0.2, -0.15) is 8.42 Å². The zero-order valence-electron chi connectivity index (χ0n) is 12.3. The van der Waals surface area contributed by atoms with E-state index in [2.05, 4.69) is 0 Å². The smallest absolute Gasteiger partial charge is 0.305 e. The van der Waals surface area contributed by atoms with Gasteiger partial charge in [0.05, 0.1) is 11.9 Å². The molecule has 7 heteroatoms. The molecule has 0 fully saturated rings. The summed E-state index contributed by atoms with van der Waals surface area (Å²) in [5.41, 5.74) is 0. The minimum absolute atomic E-state index is 0.206. The number of ether oxygens (including phenoxy) is 2. The largest absolute Gasteiger partial charge is 0.463 e. The molecule has 0 saturated heterocycles. The number of unbranched alkanes of at least 4 members (excludes halogenated alkanes) is 4. The highest BCUT2D eigenvalue weighted by molar-refractivity contribution is 7.86. The van der Waals surface area contributed by atoms with E-state index in [0.29, 0.717) is 26.1 Å². The fraction of sp³-hybridized carbons (Fsp3) is 0.923. The highest BCUT2D eigenvalue weighted by Crippen LogP contribution is 2.12. The van der Waals surface area contributed by atoms with Crippen molar-refractivity contribution in [2.24, 2.45) is 0 Å². The number of hydrogen-bond acceptors (Lipinski definition) is 5. The van der Waals surface area contributed by atoms with Gasteiger partial charge in [-0.15, -0.1) is 0 Å². The lowest BCUT2D eigenvalue weighted by molar-refractivity contribution is -0.145. The highest BCUT2D eigenvalue weighted by Gasteiger charge is 2.15. The Hall–Kier alpha value is -0.660. The van der Waals surface area contributed by atoms with Gasteiger partial charge in [0.1, 0.15) is 6.61 Å². The molecule has 1 atom stereocenters. The Kier molecular flexibility index (Phi) is 10.7. The Morgan fingerprint density at radius 1 is 1.10 bits per heavy atom. The van der Waals surface area contributed by atoms with Crippen molar-refractivity contribution in [3.05, 3.63) is 0 Å². The van der Waals surface area contributed by atoms with E-state index >= 15 is 0 Å². The average Bonchev–Trinajstić information content (AvgIpc) is 2.36. The fourth-order valence-corrected chi connectivity index (χ4v) is 2.16. The van der Waals surface area contributed by atoms with E-state index in [4.69, 9.17) is 14.0 Å². The van der Waals surface area contributed by atoms with E-state index < -0.39 is 15.4 Å². The summed E-state index contributed by atoms with van der Waals surface area (Å²) in [6, 6.07) is 0. The molecular weight excluding hydrogens is 284 g/mol. The Morgan fingerprint density at radius 3 is 2.30 bits per heavy atom. The van der Waals surface area contributed by atoms with Crippen molar-refractivity contribution in [3.63, 3.8) is 0 Å². The Labute approximate surface area is 121 Å². The van der Waals surface area contributed by atoms with Gasteiger partial charge in [0.15, 0.2) is 0 Å². The summed E-state index contributed by atoms with van der Waals surface area (Å²) in [5, 5.41) is -0.696. The van der Waals surface area contributed by atoms with Crippen LogP contribution in [0.4, 0.5) is 0 Å². The van der Waals surface area contributed by atoms with Gasteiger partial charge in [0.25, 0.3) is 10.1 Å². The standard InChI is InChI=1S/C13H26O6S/c1-12(20(15,16)17)8-6-4-3-5-7-9-13(14)19-11-10-18-2/h12H,3-11H2,1-2H3,(H,15,16,17). The van der Waals surface area contributed by atoms with Crippen molar-refractivity contribution < 1.29 is 27.2 Å². The molecule has 6 nitrogen and oxygen atoms in total. The first-order chi connectivity index (χ1) is 9.38. The molecule has 0 saturated carbocycles. The number of carbonyl (C=O) groups excluding carboxylic acids is 1. The number of methoxy groups -OCH3 is 1. The first kappa shape index (κ1) is 19.3. The number of rotatable bonds is 12. The molecule has 1 N–H and O–H groups in total. The summed E-state index contributed by atoms with van der Waals surface area (Å²) in [6.07, 6.45) is 5.18. The fourth-order valence-electron chi connectivity index (χ4n) is 1.69. The lowest BCUT2D eigenvalue weighted by Crippen LogP contribution is -2.16. The maximum absolute atomic E-state index is 11.2. The molecule has 0 spiro atoms.